The first-order chi connectivity index (χ1) is 35.4. The van der Waals surface area contributed by atoms with Crippen LogP contribution in [-0.4, -0.2) is 52.2 Å². The fraction of sp³-hybridized carbons (Fsp3) is 0.333. The molecule has 0 saturated heterocycles. The molecule has 0 aliphatic heterocycles. The molecular formula is C63H86N4O8P2S2. The molecule has 0 aliphatic carbocycles. The lowest BCUT2D eigenvalue weighted by Crippen LogP contribution is -2.38. The first-order valence-electron chi connectivity index (χ1n) is 24.9. The van der Waals surface area contributed by atoms with E-state index in [4.69, 9.17) is 4.18 Å². The summed E-state index contributed by atoms with van der Waals surface area (Å²) < 4.78 is 95.1. The third-order valence-corrected chi connectivity index (χ3v) is 23.0. The van der Waals surface area contributed by atoms with Crippen molar-refractivity contribution in [2.75, 3.05) is 6.35 Å². The number of aryl methyl sites for hydroxylation is 8. The Morgan fingerprint density at radius 3 is 1.30 bits per heavy atom. The minimum absolute atomic E-state index is 0. The second kappa shape index (κ2) is 28.4. The van der Waals surface area contributed by atoms with E-state index in [0.29, 0.717) is 11.6 Å². The third-order valence-electron chi connectivity index (χ3n) is 12.9. The van der Waals surface area contributed by atoms with Crippen LogP contribution in [0.1, 0.15) is 108 Å². The maximum absolute atomic E-state index is 14.1. The second-order valence-corrected chi connectivity index (χ2v) is 31.4. The molecule has 0 bridgehead atoms. The van der Waals surface area contributed by atoms with Crippen molar-refractivity contribution in [3.63, 3.8) is 0 Å². The minimum atomic E-state index is -4.27. The zero-order chi connectivity index (χ0) is 56.4. The highest BCUT2D eigenvalue weighted by Crippen LogP contribution is 2.57. The molecule has 2 atom stereocenters. The Kier molecular flexibility index (Phi) is 24.9. The number of hydrogen-bond acceptors (Lipinski definition) is 9. The van der Waals surface area contributed by atoms with Crippen LogP contribution in [0.5, 0.6) is 0 Å². The summed E-state index contributed by atoms with van der Waals surface area (Å²) in [5, 5.41) is 0.646. The molecule has 0 N–H and O–H groups in total. The number of benzene rings is 6. The summed E-state index contributed by atoms with van der Waals surface area (Å²) in [6, 6.07) is 39.8. The van der Waals surface area contributed by atoms with Crippen LogP contribution in [0.25, 0.3) is 11.4 Å². The smallest absolute Gasteiger partial charge is 0.297 e. The average molecular weight is 1150 g/mol. The summed E-state index contributed by atoms with van der Waals surface area (Å²) in [5.74, 6) is 0. The van der Waals surface area contributed by atoms with Gasteiger partial charge in [-0.2, -0.15) is 8.42 Å². The molecule has 6 aromatic carbocycles. The molecule has 0 fully saturated rings. The van der Waals surface area contributed by atoms with Gasteiger partial charge in [0, 0.05) is 33.3 Å². The van der Waals surface area contributed by atoms with Crippen LogP contribution < -0.4 is 15.2 Å². The van der Waals surface area contributed by atoms with Crippen molar-refractivity contribution in [3.8, 4) is 11.4 Å². The van der Waals surface area contributed by atoms with Gasteiger partial charge in [-0.3, -0.25) is 4.18 Å². The van der Waals surface area contributed by atoms with Crippen molar-refractivity contribution in [2.24, 2.45) is 0 Å². The topological polar surface area (TPSA) is 161 Å². The van der Waals surface area contributed by atoms with Crippen LogP contribution in [0.2, 0.25) is 0 Å². The van der Waals surface area contributed by atoms with E-state index in [9.17, 15) is 30.5 Å². The predicted octanol–water partition coefficient (Wildman–Crippen LogP) is 14.9. The van der Waals surface area contributed by atoms with Gasteiger partial charge < -0.3 is 18.2 Å². The zero-order valence-corrected chi connectivity index (χ0v) is 49.8. The molecule has 0 amide bonds. The molecule has 8 aromatic rings. The average Bonchev–Trinajstić information content (AvgIpc) is 4.04. The first-order valence-corrected chi connectivity index (χ1v) is 31.5. The molecule has 79 heavy (non-hydrogen) atoms. The monoisotopic (exact) mass is 1150 g/mol. The van der Waals surface area contributed by atoms with E-state index < -0.39 is 39.7 Å². The van der Waals surface area contributed by atoms with Crippen LogP contribution in [-0.2, 0) is 39.8 Å². The largest absolute Gasteiger partial charge is 0.744 e. The van der Waals surface area contributed by atoms with Gasteiger partial charge in [-0.25, -0.2) is 22.5 Å². The van der Waals surface area contributed by atoms with Crippen molar-refractivity contribution in [1.82, 2.24) is 14.1 Å². The third kappa shape index (κ3) is 18.0. The molecule has 0 spiro atoms. The van der Waals surface area contributed by atoms with E-state index in [2.05, 4.69) is 118 Å². The van der Waals surface area contributed by atoms with Gasteiger partial charge in [-0.15, -0.1) is 0 Å². The Balaban J connectivity index is 0.000000375. The van der Waals surface area contributed by atoms with Crippen molar-refractivity contribution in [2.45, 2.75) is 146 Å². The first kappa shape index (κ1) is 69.1. The maximum atomic E-state index is 14.1. The van der Waals surface area contributed by atoms with Crippen LogP contribution in [0.3, 0.4) is 0 Å². The van der Waals surface area contributed by atoms with Gasteiger partial charge in [-0.1, -0.05) is 195 Å². The molecule has 0 radical (unpaired) electrons. The van der Waals surface area contributed by atoms with Gasteiger partial charge >= 0.3 is 0 Å². The molecule has 428 valence electrons. The van der Waals surface area contributed by atoms with Gasteiger partial charge in [0.2, 0.25) is 6.33 Å². The fourth-order valence-electron chi connectivity index (χ4n) is 8.69. The molecule has 0 unspecified atom stereocenters. The molecule has 2 aromatic heterocycles. The van der Waals surface area contributed by atoms with Gasteiger partial charge in [-0.05, 0) is 102 Å². The quantitative estimate of drug-likeness (QED) is 0.0531. The fourth-order valence-corrected chi connectivity index (χ4v) is 15.5. The van der Waals surface area contributed by atoms with Crippen LogP contribution in [0.15, 0.2) is 181 Å². The Bertz CT molecular complexity index is 3490. The van der Waals surface area contributed by atoms with Crippen LogP contribution in [0.4, 0.5) is 0 Å². The Hall–Kier alpha value is -5.98. The summed E-state index contributed by atoms with van der Waals surface area (Å²) >= 11 is 0. The van der Waals surface area contributed by atoms with Crippen LogP contribution in [0, 0.1) is 55.4 Å². The van der Waals surface area contributed by atoms with Gasteiger partial charge in [0.1, 0.15) is 48.0 Å². The zero-order valence-electron chi connectivity index (χ0n) is 46.3. The SMILES string of the molecule is C.C.C.Cc1cc(C)c(-n2cc[n+](C[P@@](=O)(c3ccccc3)C(C)(C)C)c2)c(C)c1.Cc1cc(C)c(-n2ccnc2)c(C)c1.Cc1ccc(S(=O)(=O)OC[P@@](=O)(c2ccccc2)C(C)(C)C)cc1.Cc1ccc(S(=O)(=O)[O-])cc1. The summed E-state index contributed by atoms with van der Waals surface area (Å²) in [4.78, 5) is 3.96. The van der Waals surface area contributed by atoms with Gasteiger partial charge in [0.15, 0.2) is 7.14 Å². The Labute approximate surface area is 474 Å². The normalized spacial score (nSPS) is 12.8. The van der Waals surface area contributed by atoms with E-state index in [1.807, 2.05) is 89.7 Å². The molecular weight excluding hydrogens is 1070 g/mol. The Morgan fingerprint density at radius 2 is 0.924 bits per heavy atom. The molecule has 8 rings (SSSR count). The van der Waals surface area contributed by atoms with Crippen LogP contribution >= 0.6 is 14.3 Å². The standard InChI is InChI=1S/C23H30N2OP.C18H23O4PS.C12H14N2.C7H8O3S.3CH4/c1-18-14-19(2)22(20(3)15-18)25-13-12-24(16-25)17-27(26,23(4,5)6)21-10-8-7-9-11-21;1-15-10-12-17(13-11-15)24(20,21)22-14-23(19,18(2,3)4)16-8-6-5-7-9-16;1-9-6-10(2)12(11(3)7-9)14-5-4-13-8-14;1-6-2-4-7(5-3-6)11(8,9)10;;;/h7-16H,17H2,1-6H3;5-13H,14H2,1-4H3;4-8H,1-3H3;2-5H,1H3,(H,8,9,10);3*1H4/q+1;;;;;;/p-1/t27-;23-;;;;;/m11...../s1. The predicted molar refractivity (Wildman–Crippen MR) is 328 cm³/mol. The molecule has 0 saturated carbocycles. The van der Waals surface area contributed by atoms with Crippen molar-refractivity contribution in [1.29, 1.82) is 0 Å². The number of aromatic nitrogens is 4. The number of imidazole rings is 2. The van der Waals surface area contributed by atoms with E-state index >= 15 is 0 Å². The lowest BCUT2D eigenvalue weighted by molar-refractivity contribution is -0.677. The van der Waals surface area contributed by atoms with Gasteiger partial charge in [0.05, 0.1) is 21.8 Å². The highest BCUT2D eigenvalue weighted by Gasteiger charge is 2.41. The van der Waals surface area contributed by atoms with Gasteiger partial charge in [0.25, 0.3) is 10.1 Å². The summed E-state index contributed by atoms with van der Waals surface area (Å²) in [6.45, 7) is 28.2. The Morgan fingerprint density at radius 1 is 0.532 bits per heavy atom. The summed E-state index contributed by atoms with van der Waals surface area (Å²) in [5.41, 5.74) is 12.0. The van der Waals surface area contributed by atoms with E-state index in [-0.39, 0.29) is 43.6 Å². The summed E-state index contributed by atoms with van der Waals surface area (Å²) in [6.07, 6.45) is 11.9. The molecule has 12 nitrogen and oxygen atoms in total. The van der Waals surface area contributed by atoms with E-state index in [0.717, 1.165) is 16.4 Å². The van der Waals surface area contributed by atoms with Crippen molar-refractivity contribution < 1.29 is 39.3 Å². The number of nitrogens with zero attached hydrogens (tertiary/aromatic N) is 4. The molecule has 16 heteroatoms. The second-order valence-electron chi connectivity index (χ2n) is 21.2. The summed E-state index contributed by atoms with van der Waals surface area (Å²) in [7, 11) is -13.9. The highest BCUT2D eigenvalue weighted by molar-refractivity contribution is 7.87. The molecule has 2 heterocycles. The number of rotatable bonds is 11. The van der Waals surface area contributed by atoms with E-state index in [1.54, 1.807) is 54.7 Å². The minimum Gasteiger partial charge on any atom is -0.744 e. The van der Waals surface area contributed by atoms with Crippen molar-refractivity contribution >= 4 is 45.1 Å². The van der Waals surface area contributed by atoms with Crippen molar-refractivity contribution in [3.05, 3.63) is 215 Å². The lowest BCUT2D eigenvalue weighted by Gasteiger charge is -2.31. The highest BCUT2D eigenvalue weighted by atomic mass is 32.2. The number of hydrogen-bond donors (Lipinski definition) is 0. The van der Waals surface area contributed by atoms with E-state index in [1.165, 1.54) is 69.0 Å². The molecule has 0 aliphatic rings. The lowest BCUT2D eigenvalue weighted by atomic mass is 10.1. The maximum Gasteiger partial charge on any atom is 0.297 e.